The molecular formula is C16H18N2O4S. The molecular weight excluding hydrogens is 316 g/mol. The summed E-state index contributed by atoms with van der Waals surface area (Å²) in [5, 5.41) is 0. The van der Waals surface area contributed by atoms with Crippen LogP contribution in [0.5, 0.6) is 5.75 Å². The summed E-state index contributed by atoms with van der Waals surface area (Å²) >= 11 is 0. The second kappa shape index (κ2) is 3.83. The second-order valence-electron chi connectivity index (χ2n) is 7.04. The first-order valence-electron chi connectivity index (χ1n) is 8.02. The summed E-state index contributed by atoms with van der Waals surface area (Å²) < 4.78 is 32.1. The van der Waals surface area contributed by atoms with E-state index in [9.17, 15) is 13.2 Å². The molecule has 1 saturated carbocycles. The van der Waals surface area contributed by atoms with E-state index in [1.165, 1.54) is 0 Å². The number of hydrogen-bond acceptors (Lipinski definition) is 5. The van der Waals surface area contributed by atoms with E-state index in [-0.39, 0.29) is 5.91 Å². The molecule has 0 N–H and O–H groups in total. The van der Waals surface area contributed by atoms with E-state index in [0.717, 1.165) is 34.8 Å². The fraction of sp³-hybridized carbons (Fsp3) is 0.562. The van der Waals surface area contributed by atoms with Crippen LogP contribution in [0.2, 0.25) is 0 Å². The topological polar surface area (TPSA) is 66.9 Å². The molecule has 3 saturated heterocycles. The molecule has 6 rings (SSSR count). The van der Waals surface area contributed by atoms with Crippen molar-refractivity contribution in [1.29, 1.82) is 0 Å². The average Bonchev–Trinajstić information content (AvgIpc) is 3.03. The second-order valence-corrected chi connectivity index (χ2v) is 8.90. The van der Waals surface area contributed by atoms with Gasteiger partial charge in [0.25, 0.3) is 0 Å². The highest BCUT2D eigenvalue weighted by Crippen LogP contribution is 2.66. The molecule has 4 fully saturated rings. The Morgan fingerprint density at radius 2 is 2.00 bits per heavy atom. The number of sulfonamides is 1. The summed E-state index contributed by atoms with van der Waals surface area (Å²) in [5.74, 6) is 0.492. The zero-order valence-corrected chi connectivity index (χ0v) is 13.7. The van der Waals surface area contributed by atoms with Crippen LogP contribution in [0.3, 0.4) is 0 Å². The van der Waals surface area contributed by atoms with Gasteiger partial charge < -0.3 is 9.64 Å². The number of fused-ring (bicyclic) bond motifs is 3. The van der Waals surface area contributed by atoms with Gasteiger partial charge in [-0.15, -0.1) is 0 Å². The van der Waals surface area contributed by atoms with E-state index in [2.05, 4.69) is 4.90 Å². The fourth-order valence-electron chi connectivity index (χ4n) is 5.28. The molecule has 23 heavy (non-hydrogen) atoms. The van der Waals surface area contributed by atoms with E-state index in [0.29, 0.717) is 19.3 Å². The molecule has 3 atom stereocenters. The number of benzene rings is 1. The minimum absolute atomic E-state index is 0.266. The van der Waals surface area contributed by atoms with Gasteiger partial charge in [0, 0.05) is 6.42 Å². The number of carbonyl (C=O) groups excluding carboxylic acids is 1. The van der Waals surface area contributed by atoms with E-state index in [1.807, 2.05) is 24.3 Å². The quantitative estimate of drug-likeness (QED) is 0.782. The van der Waals surface area contributed by atoms with Crippen LogP contribution in [-0.2, 0) is 14.8 Å². The standard InChI is InChI=1S/C16H18N2O4S/c1-23(20,21)18-13-7-10-15(14(18)19)8-4-9-16(15)17(13)11-5-2-3-6-12(11)22-16/h2-3,5-6,13H,4,7-10H2,1H3/t13-,15-,16+/m0/s1. The van der Waals surface area contributed by atoms with Crippen molar-refractivity contribution in [2.45, 2.75) is 44.0 Å². The Hall–Kier alpha value is -1.76. The lowest BCUT2D eigenvalue weighted by molar-refractivity contribution is -0.171. The van der Waals surface area contributed by atoms with Crippen LogP contribution in [0.1, 0.15) is 32.1 Å². The minimum Gasteiger partial charge on any atom is -0.465 e. The van der Waals surface area contributed by atoms with E-state index in [4.69, 9.17) is 4.74 Å². The summed E-state index contributed by atoms with van der Waals surface area (Å²) in [6, 6.07) is 7.70. The first kappa shape index (κ1) is 13.7. The van der Waals surface area contributed by atoms with Crippen molar-refractivity contribution in [1.82, 2.24) is 4.31 Å². The smallest absolute Gasteiger partial charge is 0.250 e. The molecule has 4 aliphatic heterocycles. The SMILES string of the molecule is CS(=O)(=O)N1C(=O)[C@@]23CCC[C@@]24Oc2ccccc2N4[C@@H]1CC3. The van der Waals surface area contributed by atoms with Crippen LogP contribution < -0.4 is 9.64 Å². The largest absolute Gasteiger partial charge is 0.465 e. The number of rotatable bonds is 1. The van der Waals surface area contributed by atoms with Gasteiger partial charge in [0.1, 0.15) is 17.3 Å². The predicted octanol–water partition coefficient (Wildman–Crippen LogP) is 1.67. The number of para-hydroxylation sites is 2. The molecule has 1 aliphatic carbocycles. The Kier molecular flexibility index (Phi) is 2.27. The van der Waals surface area contributed by atoms with Crippen LogP contribution in [0, 0.1) is 5.41 Å². The lowest BCUT2D eigenvalue weighted by atomic mass is 9.68. The molecule has 1 aromatic rings. The van der Waals surface area contributed by atoms with Crippen molar-refractivity contribution < 1.29 is 17.9 Å². The van der Waals surface area contributed by atoms with Gasteiger partial charge in [0.2, 0.25) is 15.9 Å². The van der Waals surface area contributed by atoms with Crippen LogP contribution in [-0.4, -0.2) is 36.8 Å². The monoisotopic (exact) mass is 334 g/mol. The Balaban J connectivity index is 1.79. The molecule has 0 radical (unpaired) electrons. The summed E-state index contributed by atoms with van der Waals surface area (Å²) in [7, 11) is -3.61. The van der Waals surface area contributed by atoms with Crippen molar-refractivity contribution in [2.24, 2.45) is 5.41 Å². The molecule has 4 heterocycles. The van der Waals surface area contributed by atoms with Crippen molar-refractivity contribution >= 4 is 21.6 Å². The summed E-state index contributed by atoms with van der Waals surface area (Å²) in [6.07, 6.45) is 4.35. The third-order valence-electron chi connectivity index (χ3n) is 6.02. The molecule has 2 spiro atoms. The third-order valence-corrected chi connectivity index (χ3v) is 7.15. The Labute approximate surface area is 135 Å². The average molecular weight is 334 g/mol. The lowest BCUT2D eigenvalue weighted by Gasteiger charge is -2.61. The fourth-order valence-corrected chi connectivity index (χ4v) is 6.40. The maximum absolute atomic E-state index is 13.2. The van der Waals surface area contributed by atoms with Gasteiger partial charge in [0.05, 0.1) is 11.9 Å². The number of ether oxygens (including phenoxy) is 1. The molecule has 1 amide bonds. The number of nitrogens with zero attached hydrogens (tertiary/aromatic N) is 2. The van der Waals surface area contributed by atoms with E-state index in [1.54, 1.807) is 0 Å². The zero-order valence-electron chi connectivity index (χ0n) is 12.9. The van der Waals surface area contributed by atoms with Gasteiger partial charge in [-0.3, -0.25) is 4.79 Å². The van der Waals surface area contributed by atoms with Gasteiger partial charge in [-0.05, 0) is 37.8 Å². The van der Waals surface area contributed by atoms with Crippen LogP contribution in [0.25, 0.3) is 0 Å². The van der Waals surface area contributed by atoms with Crippen molar-refractivity contribution in [3.8, 4) is 5.75 Å². The highest BCUT2D eigenvalue weighted by molar-refractivity contribution is 7.88. The minimum atomic E-state index is -3.61. The third kappa shape index (κ3) is 1.33. The normalized spacial score (nSPS) is 37.4. The molecule has 122 valence electrons. The lowest BCUT2D eigenvalue weighted by Crippen LogP contribution is -2.78. The van der Waals surface area contributed by atoms with Crippen molar-refractivity contribution in [2.75, 3.05) is 11.2 Å². The van der Waals surface area contributed by atoms with Crippen LogP contribution in [0.4, 0.5) is 5.69 Å². The molecule has 0 aromatic heterocycles. The zero-order chi connectivity index (χ0) is 16.0. The molecule has 5 aliphatic rings. The van der Waals surface area contributed by atoms with E-state index < -0.39 is 27.3 Å². The number of hydrogen-bond donors (Lipinski definition) is 0. The predicted molar refractivity (Wildman–Crippen MR) is 83.3 cm³/mol. The number of carbonyl (C=O) groups is 1. The molecule has 0 unspecified atom stereocenters. The maximum Gasteiger partial charge on any atom is 0.250 e. The highest BCUT2D eigenvalue weighted by atomic mass is 32.2. The first-order chi connectivity index (χ1) is 10.9. The molecule has 2 bridgehead atoms. The van der Waals surface area contributed by atoms with Crippen molar-refractivity contribution in [3.05, 3.63) is 24.3 Å². The van der Waals surface area contributed by atoms with Gasteiger partial charge in [0.15, 0.2) is 5.72 Å². The Morgan fingerprint density at radius 1 is 1.22 bits per heavy atom. The highest BCUT2D eigenvalue weighted by Gasteiger charge is 2.76. The molecule has 6 nitrogen and oxygen atoms in total. The van der Waals surface area contributed by atoms with Crippen LogP contribution >= 0.6 is 0 Å². The van der Waals surface area contributed by atoms with Gasteiger partial charge >= 0.3 is 0 Å². The summed E-state index contributed by atoms with van der Waals surface area (Å²) in [5.41, 5.74) is -0.536. The first-order valence-corrected chi connectivity index (χ1v) is 9.87. The van der Waals surface area contributed by atoms with Crippen molar-refractivity contribution in [3.63, 3.8) is 0 Å². The van der Waals surface area contributed by atoms with Crippen LogP contribution in [0.15, 0.2) is 24.3 Å². The van der Waals surface area contributed by atoms with Gasteiger partial charge in [-0.2, -0.15) is 0 Å². The van der Waals surface area contributed by atoms with E-state index >= 15 is 0 Å². The molecule has 1 aromatic carbocycles. The number of amides is 1. The number of anilines is 1. The summed E-state index contributed by atoms with van der Waals surface area (Å²) in [6.45, 7) is 0. The maximum atomic E-state index is 13.2. The number of piperidine rings is 2. The molecule has 7 heteroatoms. The Morgan fingerprint density at radius 3 is 2.78 bits per heavy atom. The Bertz CT molecular complexity index is 838. The van der Waals surface area contributed by atoms with Gasteiger partial charge in [-0.25, -0.2) is 12.7 Å². The summed E-state index contributed by atoms with van der Waals surface area (Å²) in [4.78, 5) is 15.3. The van der Waals surface area contributed by atoms with Gasteiger partial charge in [-0.1, -0.05) is 12.1 Å².